The quantitative estimate of drug-likeness (QED) is 0.811. The molecule has 0 aliphatic carbocycles. The van der Waals surface area contributed by atoms with E-state index in [1.165, 1.54) is 30.6 Å². The minimum absolute atomic E-state index is 0.644. The molecule has 2 rings (SSSR count). The molecule has 1 aliphatic rings. The third kappa shape index (κ3) is 3.77. The second-order valence-electron chi connectivity index (χ2n) is 6.39. The van der Waals surface area contributed by atoms with E-state index in [1.54, 1.807) is 0 Å². The van der Waals surface area contributed by atoms with Gasteiger partial charge in [0.1, 0.15) is 5.82 Å². The van der Waals surface area contributed by atoms with E-state index in [4.69, 9.17) is 0 Å². The highest BCUT2D eigenvalue weighted by Crippen LogP contribution is 2.27. The van der Waals surface area contributed by atoms with Crippen LogP contribution >= 0.6 is 0 Å². The van der Waals surface area contributed by atoms with Gasteiger partial charge in [0, 0.05) is 38.3 Å². The topological polar surface area (TPSA) is 36.3 Å². The van der Waals surface area contributed by atoms with Gasteiger partial charge in [0.2, 0.25) is 0 Å². The average molecular weight is 293 g/mol. The summed E-state index contributed by atoms with van der Waals surface area (Å²) in [6.07, 6.45) is 3.72. The van der Waals surface area contributed by atoms with E-state index in [9.17, 15) is 0 Å². The molecule has 1 aromatic heterocycles. The van der Waals surface area contributed by atoms with Crippen molar-refractivity contribution < 1.29 is 0 Å². The number of aryl methyl sites for hydroxylation is 2. The van der Waals surface area contributed by atoms with Gasteiger partial charge in [-0.1, -0.05) is 6.92 Å². The van der Waals surface area contributed by atoms with Crippen LogP contribution in [0.4, 0.5) is 5.82 Å². The Morgan fingerprint density at radius 2 is 2.14 bits per heavy atom. The van der Waals surface area contributed by atoms with Crippen molar-refractivity contribution in [3.05, 3.63) is 11.3 Å². The Morgan fingerprint density at radius 3 is 2.81 bits per heavy atom. The molecular formula is C16H31N5. The third-order valence-corrected chi connectivity index (χ3v) is 4.47. The van der Waals surface area contributed by atoms with Gasteiger partial charge in [0.25, 0.3) is 0 Å². The number of anilines is 1. The number of hydrogen-bond acceptors (Lipinski definition) is 4. The summed E-state index contributed by atoms with van der Waals surface area (Å²) in [7, 11) is 6.45. The van der Waals surface area contributed by atoms with Crippen molar-refractivity contribution in [3.63, 3.8) is 0 Å². The highest BCUT2D eigenvalue weighted by atomic mass is 15.4. The fraction of sp³-hybridized carbons (Fsp3) is 0.812. The second-order valence-corrected chi connectivity index (χ2v) is 6.39. The van der Waals surface area contributed by atoms with E-state index in [-0.39, 0.29) is 0 Å². The van der Waals surface area contributed by atoms with Gasteiger partial charge in [-0.2, -0.15) is 5.10 Å². The van der Waals surface area contributed by atoms with E-state index in [2.05, 4.69) is 59.9 Å². The number of rotatable bonds is 6. The van der Waals surface area contributed by atoms with Gasteiger partial charge in [-0.15, -0.1) is 0 Å². The Kier molecular flexibility index (Phi) is 5.65. The van der Waals surface area contributed by atoms with Crippen molar-refractivity contribution in [1.82, 2.24) is 20.0 Å². The maximum absolute atomic E-state index is 4.66. The largest absolute Gasteiger partial charge is 0.355 e. The molecule has 1 N–H and O–H groups in total. The van der Waals surface area contributed by atoms with Gasteiger partial charge in [-0.05, 0) is 46.8 Å². The molecule has 5 heteroatoms. The lowest BCUT2D eigenvalue weighted by Crippen LogP contribution is -2.46. The van der Waals surface area contributed by atoms with Gasteiger partial charge < -0.3 is 15.1 Å². The molecule has 1 saturated heterocycles. The standard InChI is InChI=1S/C16H31N5/c1-6-9-17-11-15-13(2)18-20(5)16(15)21-10-7-8-14(12-21)19(3)4/h14,17H,6-12H2,1-5H3. The van der Waals surface area contributed by atoms with Gasteiger partial charge in [-0.25, -0.2) is 0 Å². The summed E-state index contributed by atoms with van der Waals surface area (Å²) >= 11 is 0. The molecule has 1 aromatic rings. The smallest absolute Gasteiger partial charge is 0.131 e. The molecule has 1 fully saturated rings. The van der Waals surface area contributed by atoms with Crippen LogP contribution in [0.1, 0.15) is 37.4 Å². The van der Waals surface area contributed by atoms with E-state index >= 15 is 0 Å². The molecule has 0 radical (unpaired) electrons. The first-order valence-electron chi connectivity index (χ1n) is 8.19. The maximum Gasteiger partial charge on any atom is 0.131 e. The van der Waals surface area contributed by atoms with Crippen LogP contribution in [0, 0.1) is 6.92 Å². The Labute approximate surface area is 129 Å². The van der Waals surface area contributed by atoms with Crippen molar-refractivity contribution in [2.24, 2.45) is 7.05 Å². The van der Waals surface area contributed by atoms with Crippen LogP contribution in [0.25, 0.3) is 0 Å². The number of nitrogens with zero attached hydrogens (tertiary/aromatic N) is 4. The Bertz CT molecular complexity index is 452. The number of aromatic nitrogens is 2. The molecule has 1 atom stereocenters. The fourth-order valence-electron chi connectivity index (χ4n) is 3.25. The lowest BCUT2D eigenvalue weighted by atomic mass is 10.0. The molecule has 0 bridgehead atoms. The molecule has 120 valence electrons. The molecule has 21 heavy (non-hydrogen) atoms. The zero-order valence-electron chi connectivity index (χ0n) is 14.3. The Balaban J connectivity index is 2.17. The maximum atomic E-state index is 4.66. The molecule has 5 nitrogen and oxygen atoms in total. The number of hydrogen-bond donors (Lipinski definition) is 1. The predicted molar refractivity (Wildman–Crippen MR) is 88.9 cm³/mol. The van der Waals surface area contributed by atoms with Crippen molar-refractivity contribution in [1.29, 1.82) is 0 Å². The van der Waals surface area contributed by atoms with E-state index in [0.29, 0.717) is 6.04 Å². The summed E-state index contributed by atoms with van der Waals surface area (Å²) in [6, 6.07) is 0.644. The first kappa shape index (κ1) is 16.3. The van der Waals surface area contributed by atoms with E-state index < -0.39 is 0 Å². The van der Waals surface area contributed by atoms with Gasteiger partial charge in [0.05, 0.1) is 5.69 Å². The first-order valence-corrected chi connectivity index (χ1v) is 8.19. The second kappa shape index (κ2) is 7.27. The van der Waals surface area contributed by atoms with Crippen molar-refractivity contribution in [3.8, 4) is 0 Å². The van der Waals surface area contributed by atoms with Crippen LogP contribution < -0.4 is 10.2 Å². The first-order chi connectivity index (χ1) is 10.0. The SMILES string of the molecule is CCCNCc1c(C)nn(C)c1N1CCCC(N(C)C)C1. The monoisotopic (exact) mass is 293 g/mol. The molecule has 0 saturated carbocycles. The van der Waals surface area contributed by atoms with Crippen LogP contribution in [0.3, 0.4) is 0 Å². The highest BCUT2D eigenvalue weighted by Gasteiger charge is 2.26. The van der Waals surface area contributed by atoms with Crippen LogP contribution in [0.5, 0.6) is 0 Å². The normalized spacial score (nSPS) is 19.5. The lowest BCUT2D eigenvalue weighted by Gasteiger charge is -2.37. The summed E-state index contributed by atoms with van der Waals surface area (Å²) in [5, 5.41) is 8.18. The van der Waals surface area contributed by atoms with E-state index in [0.717, 1.165) is 31.9 Å². The summed E-state index contributed by atoms with van der Waals surface area (Å²) in [5.41, 5.74) is 2.52. The molecule has 0 amide bonds. The molecule has 2 heterocycles. The number of likely N-dealkylation sites (N-methyl/N-ethyl adjacent to an activating group) is 1. The Hall–Kier alpha value is -1.07. The van der Waals surface area contributed by atoms with Gasteiger partial charge in [0.15, 0.2) is 0 Å². The van der Waals surface area contributed by atoms with Crippen LogP contribution in [0.2, 0.25) is 0 Å². The summed E-state index contributed by atoms with van der Waals surface area (Å²) in [5.74, 6) is 1.31. The zero-order valence-corrected chi connectivity index (χ0v) is 14.3. The summed E-state index contributed by atoms with van der Waals surface area (Å²) in [6.45, 7) is 8.56. The molecular weight excluding hydrogens is 262 g/mol. The number of piperidine rings is 1. The van der Waals surface area contributed by atoms with Crippen molar-refractivity contribution >= 4 is 5.82 Å². The molecule has 0 spiro atoms. The van der Waals surface area contributed by atoms with Crippen molar-refractivity contribution in [2.45, 2.75) is 45.7 Å². The number of nitrogens with one attached hydrogen (secondary N) is 1. The van der Waals surface area contributed by atoms with Crippen molar-refractivity contribution in [2.75, 3.05) is 38.6 Å². The van der Waals surface area contributed by atoms with Gasteiger partial charge >= 0.3 is 0 Å². The minimum Gasteiger partial charge on any atom is -0.355 e. The Morgan fingerprint density at radius 1 is 1.38 bits per heavy atom. The third-order valence-electron chi connectivity index (χ3n) is 4.47. The van der Waals surface area contributed by atoms with Crippen LogP contribution in [0.15, 0.2) is 0 Å². The highest BCUT2D eigenvalue weighted by molar-refractivity contribution is 5.50. The minimum atomic E-state index is 0.644. The predicted octanol–water partition coefficient (Wildman–Crippen LogP) is 1.76. The fourth-order valence-corrected chi connectivity index (χ4v) is 3.25. The molecule has 1 unspecified atom stereocenters. The van der Waals surface area contributed by atoms with Gasteiger partial charge in [-0.3, -0.25) is 4.68 Å². The lowest BCUT2D eigenvalue weighted by molar-refractivity contribution is 0.256. The summed E-state index contributed by atoms with van der Waals surface area (Å²) in [4.78, 5) is 4.88. The summed E-state index contributed by atoms with van der Waals surface area (Å²) < 4.78 is 2.07. The molecule has 1 aliphatic heterocycles. The molecule has 0 aromatic carbocycles. The van der Waals surface area contributed by atoms with E-state index in [1.807, 2.05) is 0 Å². The van der Waals surface area contributed by atoms with Crippen LogP contribution in [-0.4, -0.2) is 54.5 Å². The average Bonchev–Trinajstić information content (AvgIpc) is 2.73. The van der Waals surface area contributed by atoms with Crippen LogP contribution in [-0.2, 0) is 13.6 Å². The zero-order chi connectivity index (χ0) is 15.4.